The minimum absolute atomic E-state index is 0.0851. The third-order valence-corrected chi connectivity index (χ3v) is 2.65. The normalized spacial score (nSPS) is 10.1. The number of hydrogen-bond acceptors (Lipinski definition) is 4. The number of fused-ring (bicyclic) bond motifs is 1. The van der Waals surface area contributed by atoms with Crippen LogP contribution in [-0.2, 0) is 9.47 Å². The lowest BCUT2D eigenvalue weighted by molar-refractivity contribution is 0.0596. The first kappa shape index (κ1) is 13.7. The van der Waals surface area contributed by atoms with Crippen LogP contribution < -0.4 is 5.32 Å². The molecule has 2 aromatic rings. The largest absolute Gasteiger partial charge is 0.464 e. The predicted octanol–water partition coefficient (Wildman–Crippen LogP) is 2.69. The third-order valence-electron chi connectivity index (χ3n) is 2.65. The minimum atomic E-state index is -0.667. The Kier molecular flexibility index (Phi) is 4.05. The van der Waals surface area contributed by atoms with Crippen molar-refractivity contribution < 1.29 is 19.1 Å². The Morgan fingerprint density at radius 3 is 2.85 bits per heavy atom. The molecule has 0 spiro atoms. The number of para-hydroxylation sites is 1. The molecule has 0 aliphatic rings. The van der Waals surface area contributed by atoms with Crippen LogP contribution in [0.1, 0.15) is 10.5 Å². The number of ether oxygens (including phenoxy) is 2. The van der Waals surface area contributed by atoms with Gasteiger partial charge in [-0.1, -0.05) is 30.9 Å². The van der Waals surface area contributed by atoms with Crippen molar-refractivity contribution in [1.82, 2.24) is 4.98 Å². The molecule has 1 aromatic heterocycles. The summed E-state index contributed by atoms with van der Waals surface area (Å²) in [5, 5.41) is 3.24. The third kappa shape index (κ3) is 2.64. The Balaban J connectivity index is 2.40. The summed E-state index contributed by atoms with van der Waals surface area (Å²) in [7, 11) is 1.27. The number of aromatic nitrogens is 1. The zero-order chi connectivity index (χ0) is 14.5. The van der Waals surface area contributed by atoms with E-state index in [1.807, 2.05) is 6.07 Å². The van der Waals surface area contributed by atoms with Crippen molar-refractivity contribution in [3.63, 3.8) is 0 Å². The molecule has 1 amide bonds. The van der Waals surface area contributed by atoms with Gasteiger partial charge in [-0.25, -0.2) is 9.59 Å². The van der Waals surface area contributed by atoms with Gasteiger partial charge in [0.15, 0.2) is 0 Å². The maximum atomic E-state index is 11.7. The van der Waals surface area contributed by atoms with E-state index in [0.717, 1.165) is 0 Å². The number of esters is 1. The molecule has 0 fully saturated rings. The molecule has 0 unspecified atom stereocenters. The van der Waals surface area contributed by atoms with Gasteiger partial charge in [-0.15, -0.1) is 0 Å². The number of rotatable bonds is 4. The van der Waals surface area contributed by atoms with Crippen LogP contribution in [0.4, 0.5) is 10.5 Å². The average Bonchev–Trinajstić information content (AvgIpc) is 2.83. The maximum Gasteiger partial charge on any atom is 0.412 e. The van der Waals surface area contributed by atoms with Gasteiger partial charge in [0, 0.05) is 10.9 Å². The lowest BCUT2D eigenvalue weighted by Gasteiger charge is -2.06. The molecule has 0 atom stereocenters. The molecular formula is C14H14N2O4. The van der Waals surface area contributed by atoms with E-state index >= 15 is 0 Å². The van der Waals surface area contributed by atoms with Crippen molar-refractivity contribution in [1.29, 1.82) is 0 Å². The number of hydrogen-bond donors (Lipinski definition) is 2. The molecule has 1 heterocycles. The van der Waals surface area contributed by atoms with Gasteiger partial charge >= 0.3 is 12.1 Å². The molecular weight excluding hydrogens is 260 g/mol. The monoisotopic (exact) mass is 274 g/mol. The molecule has 0 bridgehead atoms. The van der Waals surface area contributed by atoms with Gasteiger partial charge in [-0.2, -0.15) is 0 Å². The molecule has 2 rings (SSSR count). The molecule has 20 heavy (non-hydrogen) atoms. The molecule has 0 aliphatic carbocycles. The molecule has 6 heteroatoms. The van der Waals surface area contributed by atoms with Crippen LogP contribution in [-0.4, -0.2) is 30.8 Å². The highest BCUT2D eigenvalue weighted by atomic mass is 16.5. The zero-order valence-electron chi connectivity index (χ0n) is 10.9. The summed E-state index contributed by atoms with van der Waals surface area (Å²) in [6.45, 7) is 3.54. The van der Waals surface area contributed by atoms with Crippen LogP contribution in [0.15, 0.2) is 36.9 Å². The Bertz CT molecular complexity index is 660. The molecule has 0 saturated carbocycles. The Morgan fingerprint density at radius 2 is 2.15 bits per heavy atom. The number of aromatic amines is 1. The first-order chi connectivity index (χ1) is 9.67. The summed E-state index contributed by atoms with van der Waals surface area (Å²) in [6, 6.07) is 7.20. The summed E-state index contributed by atoms with van der Waals surface area (Å²) in [5.41, 5.74) is 1.22. The number of H-pyrrole nitrogens is 1. The topological polar surface area (TPSA) is 80.4 Å². The number of benzene rings is 1. The Hall–Kier alpha value is -2.76. The van der Waals surface area contributed by atoms with Crippen LogP contribution in [0, 0.1) is 0 Å². The smallest absolute Gasteiger partial charge is 0.412 e. The number of anilines is 1. The second-order valence-corrected chi connectivity index (χ2v) is 3.92. The van der Waals surface area contributed by atoms with Gasteiger partial charge in [-0.05, 0) is 6.07 Å². The van der Waals surface area contributed by atoms with Crippen LogP contribution in [0.25, 0.3) is 10.9 Å². The van der Waals surface area contributed by atoms with Gasteiger partial charge < -0.3 is 14.5 Å². The fraction of sp³-hybridized carbons (Fsp3) is 0.143. The number of nitrogens with one attached hydrogen (secondary N) is 2. The standard InChI is InChI=1S/C14H14N2O4/c1-3-8-20-14(18)16-11-9-6-4-5-7-10(9)15-12(11)13(17)19-2/h3-7,15H,1,8H2,2H3,(H,16,18). The highest BCUT2D eigenvalue weighted by molar-refractivity contribution is 6.09. The van der Waals surface area contributed by atoms with Crippen molar-refractivity contribution in [3.05, 3.63) is 42.6 Å². The van der Waals surface area contributed by atoms with Crippen LogP contribution >= 0.6 is 0 Å². The maximum absolute atomic E-state index is 11.7. The van der Waals surface area contributed by atoms with Crippen molar-refractivity contribution >= 4 is 28.7 Å². The summed E-state index contributed by atoms with van der Waals surface area (Å²) in [5.74, 6) is -0.569. The summed E-state index contributed by atoms with van der Waals surface area (Å²) in [6.07, 6.45) is 0.788. The Morgan fingerprint density at radius 1 is 1.40 bits per heavy atom. The van der Waals surface area contributed by atoms with Gasteiger partial charge in [0.05, 0.1) is 12.8 Å². The van der Waals surface area contributed by atoms with E-state index < -0.39 is 12.1 Å². The van der Waals surface area contributed by atoms with E-state index in [1.165, 1.54) is 13.2 Å². The van der Waals surface area contributed by atoms with E-state index in [1.54, 1.807) is 18.2 Å². The van der Waals surface area contributed by atoms with E-state index in [-0.39, 0.29) is 12.3 Å². The van der Waals surface area contributed by atoms with Crippen LogP contribution in [0.2, 0.25) is 0 Å². The fourth-order valence-corrected chi connectivity index (χ4v) is 1.80. The van der Waals surface area contributed by atoms with Gasteiger partial charge in [0.2, 0.25) is 0 Å². The van der Waals surface area contributed by atoms with Crippen molar-refractivity contribution in [2.45, 2.75) is 0 Å². The fourth-order valence-electron chi connectivity index (χ4n) is 1.80. The van der Waals surface area contributed by atoms with E-state index in [2.05, 4.69) is 16.9 Å². The quantitative estimate of drug-likeness (QED) is 0.663. The lowest BCUT2D eigenvalue weighted by Crippen LogP contribution is -2.16. The Labute approximate surface area is 115 Å². The number of carbonyl (C=O) groups excluding carboxylic acids is 2. The molecule has 6 nitrogen and oxygen atoms in total. The SMILES string of the molecule is C=CCOC(=O)Nc1c(C(=O)OC)[nH]c2ccccc12. The summed E-state index contributed by atoms with van der Waals surface area (Å²) < 4.78 is 9.54. The first-order valence-corrected chi connectivity index (χ1v) is 5.91. The first-order valence-electron chi connectivity index (χ1n) is 5.91. The molecule has 2 N–H and O–H groups in total. The second-order valence-electron chi connectivity index (χ2n) is 3.92. The van der Waals surface area contributed by atoms with Crippen LogP contribution in [0.5, 0.6) is 0 Å². The summed E-state index contributed by atoms with van der Waals surface area (Å²) in [4.78, 5) is 26.3. The second kappa shape index (κ2) is 5.92. The summed E-state index contributed by atoms with van der Waals surface area (Å²) >= 11 is 0. The number of methoxy groups -OCH3 is 1. The zero-order valence-corrected chi connectivity index (χ0v) is 10.9. The van der Waals surface area contributed by atoms with Crippen molar-refractivity contribution in [2.24, 2.45) is 0 Å². The average molecular weight is 274 g/mol. The van der Waals surface area contributed by atoms with E-state index in [9.17, 15) is 9.59 Å². The van der Waals surface area contributed by atoms with Gasteiger partial charge in [0.1, 0.15) is 12.3 Å². The van der Waals surface area contributed by atoms with E-state index in [0.29, 0.717) is 16.6 Å². The molecule has 0 aliphatic heterocycles. The van der Waals surface area contributed by atoms with Gasteiger partial charge in [-0.3, -0.25) is 5.32 Å². The minimum Gasteiger partial charge on any atom is -0.464 e. The van der Waals surface area contributed by atoms with Crippen molar-refractivity contribution in [2.75, 3.05) is 19.0 Å². The highest BCUT2D eigenvalue weighted by Gasteiger charge is 2.20. The predicted molar refractivity (Wildman–Crippen MR) is 74.8 cm³/mol. The molecule has 104 valence electrons. The molecule has 0 saturated heterocycles. The highest BCUT2D eigenvalue weighted by Crippen LogP contribution is 2.28. The van der Waals surface area contributed by atoms with E-state index in [4.69, 9.17) is 9.47 Å². The van der Waals surface area contributed by atoms with Gasteiger partial charge in [0.25, 0.3) is 0 Å². The molecule has 0 radical (unpaired) electrons. The lowest BCUT2D eigenvalue weighted by atomic mass is 10.2. The number of carbonyl (C=O) groups is 2. The van der Waals surface area contributed by atoms with Crippen molar-refractivity contribution in [3.8, 4) is 0 Å². The molecule has 1 aromatic carbocycles. The number of amides is 1. The van der Waals surface area contributed by atoms with Crippen LogP contribution in [0.3, 0.4) is 0 Å².